The maximum atomic E-state index is 12.0. The van der Waals surface area contributed by atoms with Crippen molar-refractivity contribution in [3.63, 3.8) is 0 Å². The molecule has 3 heterocycles. The van der Waals surface area contributed by atoms with Crippen molar-refractivity contribution >= 4 is 22.8 Å². The molecule has 0 saturated carbocycles. The van der Waals surface area contributed by atoms with Gasteiger partial charge in [-0.15, -0.1) is 6.42 Å². The average Bonchev–Trinajstić information content (AvgIpc) is 3.47. The molecule has 1 saturated heterocycles. The topological polar surface area (TPSA) is 99.2 Å². The van der Waals surface area contributed by atoms with E-state index in [1.165, 1.54) is 12.4 Å². The van der Waals surface area contributed by atoms with Crippen molar-refractivity contribution in [2.75, 3.05) is 18.8 Å². The number of anilines is 1. The second kappa shape index (κ2) is 9.40. The van der Waals surface area contributed by atoms with E-state index in [0.29, 0.717) is 47.1 Å². The number of hydrogen-bond donors (Lipinski definition) is 1. The largest absolute Gasteiger partial charge is 0.458 e. The summed E-state index contributed by atoms with van der Waals surface area (Å²) in [7, 11) is 0. The molecule has 1 fully saturated rings. The number of nitrogens with zero attached hydrogens (tertiary/aromatic N) is 5. The summed E-state index contributed by atoms with van der Waals surface area (Å²) in [5.74, 6) is 4.02. The molecule has 2 aromatic heterocycles. The molecule has 1 aromatic carbocycles. The number of nitrogen functional groups attached to an aromatic ring is 1. The van der Waals surface area contributed by atoms with Crippen LogP contribution in [0.3, 0.4) is 0 Å². The molecule has 0 radical (unpaired) electrons. The Bertz CT molecular complexity index is 1300. The lowest BCUT2D eigenvalue weighted by Gasteiger charge is -2.14. The number of amides is 1. The second-order valence-corrected chi connectivity index (χ2v) is 7.50. The first-order valence-corrected chi connectivity index (χ1v) is 10.5. The van der Waals surface area contributed by atoms with Crippen molar-refractivity contribution in [3.8, 4) is 29.4 Å². The molecule has 8 heteroatoms. The van der Waals surface area contributed by atoms with Crippen molar-refractivity contribution in [1.29, 1.82) is 0 Å². The van der Waals surface area contributed by atoms with Crippen LogP contribution in [0.1, 0.15) is 19.4 Å². The summed E-state index contributed by atoms with van der Waals surface area (Å²) in [6.07, 6.45) is 13.9. The third kappa shape index (κ3) is 4.34. The van der Waals surface area contributed by atoms with Crippen molar-refractivity contribution in [1.82, 2.24) is 24.6 Å². The summed E-state index contributed by atoms with van der Waals surface area (Å²) < 4.78 is 7.71. The maximum absolute atomic E-state index is 12.0. The zero-order valence-corrected chi connectivity index (χ0v) is 18.3. The summed E-state index contributed by atoms with van der Waals surface area (Å²) in [5, 5.41) is 5.54. The molecule has 8 nitrogen and oxygen atoms in total. The van der Waals surface area contributed by atoms with Gasteiger partial charge in [0.2, 0.25) is 5.91 Å². The minimum atomic E-state index is -0.0866. The van der Waals surface area contributed by atoms with Crippen LogP contribution in [0.25, 0.3) is 22.3 Å². The van der Waals surface area contributed by atoms with E-state index in [0.717, 1.165) is 12.0 Å². The number of fused-ring (bicyclic) bond motifs is 1. The molecule has 1 atom stereocenters. The summed E-state index contributed by atoms with van der Waals surface area (Å²) in [6, 6.07) is 7.52. The number of carbonyl (C=O) groups excluding carboxylic acids is 1. The van der Waals surface area contributed by atoms with Gasteiger partial charge in [0, 0.05) is 18.7 Å². The fraction of sp³-hybridized carbons (Fsp3) is 0.200. The Morgan fingerprint density at radius 3 is 2.82 bits per heavy atom. The molecule has 33 heavy (non-hydrogen) atoms. The predicted molar refractivity (Wildman–Crippen MR) is 128 cm³/mol. The van der Waals surface area contributed by atoms with Crippen LogP contribution in [0.4, 0.5) is 5.82 Å². The molecular weight excluding hydrogens is 416 g/mol. The van der Waals surface area contributed by atoms with Gasteiger partial charge in [-0.1, -0.05) is 12.5 Å². The molecule has 1 amide bonds. The zero-order valence-electron chi connectivity index (χ0n) is 18.3. The monoisotopic (exact) mass is 440 g/mol. The van der Waals surface area contributed by atoms with Crippen LogP contribution >= 0.6 is 0 Å². The molecule has 2 N–H and O–H groups in total. The van der Waals surface area contributed by atoms with E-state index in [4.69, 9.17) is 22.0 Å². The third-order valence-corrected chi connectivity index (χ3v) is 5.51. The Labute approximate surface area is 192 Å². The lowest BCUT2D eigenvalue weighted by molar-refractivity contribution is -0.125. The molecule has 1 aliphatic rings. The van der Waals surface area contributed by atoms with Gasteiger partial charge >= 0.3 is 0 Å². The third-order valence-electron chi connectivity index (χ3n) is 5.51. The van der Waals surface area contributed by atoms with E-state index >= 15 is 0 Å². The van der Waals surface area contributed by atoms with Crippen LogP contribution in [-0.4, -0.2) is 43.6 Å². The van der Waals surface area contributed by atoms with E-state index in [-0.39, 0.29) is 11.9 Å². The molecule has 1 aliphatic heterocycles. The quantitative estimate of drug-likeness (QED) is 0.273. The highest BCUT2D eigenvalue weighted by Crippen LogP contribution is 2.34. The molecule has 0 bridgehead atoms. The van der Waals surface area contributed by atoms with Crippen molar-refractivity contribution in [3.05, 3.63) is 67.2 Å². The van der Waals surface area contributed by atoms with Gasteiger partial charge < -0.3 is 15.4 Å². The van der Waals surface area contributed by atoms with Crippen molar-refractivity contribution < 1.29 is 9.53 Å². The number of ether oxygens (including phenoxy) is 1. The number of hydrogen-bond acceptors (Lipinski definition) is 6. The SMILES string of the molecule is C#C/C=C\C(=C/C)Oc1ccc(-c2nn([C@H]3CCN(C(=O)C=C)C3)c3ncnc(N)c23)cc1. The smallest absolute Gasteiger partial charge is 0.246 e. The lowest BCUT2D eigenvalue weighted by Crippen LogP contribution is -2.27. The fourth-order valence-electron chi connectivity index (χ4n) is 3.86. The first-order chi connectivity index (χ1) is 16.0. The van der Waals surface area contributed by atoms with Crippen LogP contribution in [0, 0.1) is 12.3 Å². The Balaban J connectivity index is 1.68. The second-order valence-electron chi connectivity index (χ2n) is 7.50. The van der Waals surface area contributed by atoms with E-state index in [9.17, 15) is 4.79 Å². The summed E-state index contributed by atoms with van der Waals surface area (Å²) in [4.78, 5) is 22.4. The Morgan fingerprint density at radius 1 is 1.33 bits per heavy atom. The van der Waals surface area contributed by atoms with Gasteiger partial charge in [0.25, 0.3) is 0 Å². The molecular formula is C25H24N6O2. The number of allylic oxidation sites excluding steroid dienone is 3. The zero-order chi connectivity index (χ0) is 23.4. The summed E-state index contributed by atoms with van der Waals surface area (Å²) >= 11 is 0. The lowest BCUT2D eigenvalue weighted by atomic mass is 10.1. The number of carbonyl (C=O) groups is 1. The molecule has 0 spiro atoms. The molecule has 0 unspecified atom stereocenters. The first kappa shape index (κ1) is 21.8. The fourth-order valence-corrected chi connectivity index (χ4v) is 3.86. The molecule has 0 aliphatic carbocycles. The summed E-state index contributed by atoms with van der Waals surface area (Å²) in [6.45, 7) is 6.63. The van der Waals surface area contributed by atoms with Gasteiger partial charge in [-0.3, -0.25) is 4.79 Å². The van der Waals surface area contributed by atoms with Gasteiger partial charge in [0.15, 0.2) is 5.65 Å². The molecule has 4 rings (SSSR count). The minimum absolute atomic E-state index is 0.0118. The van der Waals surface area contributed by atoms with Crippen molar-refractivity contribution in [2.45, 2.75) is 19.4 Å². The van der Waals surface area contributed by atoms with Gasteiger partial charge in [0.1, 0.15) is 29.3 Å². The van der Waals surface area contributed by atoms with E-state index in [1.54, 1.807) is 17.1 Å². The maximum Gasteiger partial charge on any atom is 0.246 e. The van der Waals surface area contributed by atoms with Gasteiger partial charge in [-0.2, -0.15) is 5.10 Å². The normalized spacial score (nSPS) is 16.3. The number of nitrogens with two attached hydrogens (primary N) is 1. The highest BCUT2D eigenvalue weighted by atomic mass is 16.5. The van der Waals surface area contributed by atoms with Crippen LogP contribution < -0.4 is 10.5 Å². The van der Waals surface area contributed by atoms with Crippen molar-refractivity contribution in [2.24, 2.45) is 0 Å². The number of likely N-dealkylation sites (tertiary alicyclic amines) is 1. The molecule has 166 valence electrons. The summed E-state index contributed by atoms with van der Waals surface area (Å²) in [5.41, 5.74) is 8.41. The number of terminal acetylenes is 1. The van der Waals surface area contributed by atoms with E-state index in [1.807, 2.05) is 41.9 Å². The number of benzene rings is 1. The van der Waals surface area contributed by atoms with E-state index in [2.05, 4.69) is 22.5 Å². The standard InChI is InChI=1S/C25H24N6O2/c1-4-7-8-19(5-2)33-20-11-9-17(10-12-20)23-22-24(26)27-16-28-25(22)31(29-23)18-13-14-30(15-18)21(32)6-3/h1,5-12,16,18H,3,13-15H2,2H3,(H2,26,27,28)/b8-7-,19-5+/t18-/m0/s1. The number of aromatic nitrogens is 4. The van der Waals surface area contributed by atoms with Crippen LogP contribution in [-0.2, 0) is 4.79 Å². The van der Waals surface area contributed by atoms with Gasteiger partial charge in [0.05, 0.1) is 11.4 Å². The van der Waals surface area contributed by atoms with Crippen LogP contribution in [0.15, 0.2) is 67.2 Å². The molecule has 3 aromatic rings. The Morgan fingerprint density at radius 2 is 2.12 bits per heavy atom. The minimum Gasteiger partial charge on any atom is -0.458 e. The van der Waals surface area contributed by atoms with Gasteiger partial charge in [-0.05, 0) is 61.9 Å². The number of rotatable bonds is 6. The Hall–Kier alpha value is -4.38. The highest BCUT2D eigenvalue weighted by molar-refractivity contribution is 5.98. The highest BCUT2D eigenvalue weighted by Gasteiger charge is 2.30. The van der Waals surface area contributed by atoms with Crippen LogP contribution in [0.2, 0.25) is 0 Å². The van der Waals surface area contributed by atoms with Gasteiger partial charge in [-0.25, -0.2) is 14.6 Å². The van der Waals surface area contributed by atoms with E-state index < -0.39 is 0 Å². The predicted octanol–water partition coefficient (Wildman–Crippen LogP) is 3.51. The average molecular weight is 441 g/mol. The first-order valence-electron chi connectivity index (χ1n) is 10.5. The Kier molecular flexibility index (Phi) is 6.22. The van der Waals surface area contributed by atoms with Crippen LogP contribution in [0.5, 0.6) is 5.75 Å².